The monoisotopic (exact) mass is 704 g/mol. The normalized spacial score (nSPS) is 14.3. The van der Waals surface area contributed by atoms with Crippen LogP contribution in [0.1, 0.15) is 29.7 Å². The number of benzene rings is 3. The number of hydrogen-bond donors (Lipinski definition) is 1. The summed E-state index contributed by atoms with van der Waals surface area (Å²) in [6, 6.07) is 17.7. The number of ether oxygens (including phenoxy) is 2. The van der Waals surface area contributed by atoms with E-state index in [-0.39, 0.29) is 13.2 Å². The van der Waals surface area contributed by atoms with Gasteiger partial charge in [0.1, 0.15) is 25.0 Å². The van der Waals surface area contributed by atoms with Crippen LogP contribution < -0.4 is 10.1 Å². The molecule has 1 aliphatic rings. The van der Waals surface area contributed by atoms with Crippen molar-refractivity contribution in [2.75, 3.05) is 11.9 Å². The Hall–Kier alpha value is -2.95. The van der Waals surface area contributed by atoms with E-state index < -0.39 is 12.0 Å². The van der Waals surface area contributed by atoms with Crippen molar-refractivity contribution in [2.24, 2.45) is 0 Å². The summed E-state index contributed by atoms with van der Waals surface area (Å²) in [5.41, 5.74) is 3.35. The number of hydrogen-bond acceptors (Lipinski definition) is 7. The lowest BCUT2D eigenvalue weighted by Crippen LogP contribution is -2.30. The molecule has 0 amide bonds. The van der Waals surface area contributed by atoms with Gasteiger partial charge in [-0.25, -0.2) is 9.48 Å². The van der Waals surface area contributed by atoms with Gasteiger partial charge in [0.15, 0.2) is 0 Å². The smallest absolute Gasteiger partial charge is 0.338 e. The largest absolute Gasteiger partial charge is 0.488 e. The lowest BCUT2D eigenvalue weighted by Gasteiger charge is -2.29. The van der Waals surface area contributed by atoms with Crippen LogP contribution in [0.25, 0.3) is 0 Å². The molecule has 1 N–H and O–H groups in total. The summed E-state index contributed by atoms with van der Waals surface area (Å²) < 4.78 is 14.3. The molecule has 4 aromatic rings. The number of esters is 1. The second kappa shape index (κ2) is 13.6. The molecule has 0 bridgehead atoms. The fourth-order valence-electron chi connectivity index (χ4n) is 4.37. The van der Waals surface area contributed by atoms with E-state index in [0.29, 0.717) is 54.5 Å². The summed E-state index contributed by atoms with van der Waals surface area (Å²) in [6.45, 7) is 5.70. The molecule has 1 atom stereocenters. The molecule has 1 aliphatic heterocycles. The van der Waals surface area contributed by atoms with Gasteiger partial charge in [0, 0.05) is 42.1 Å². The van der Waals surface area contributed by atoms with Crippen LogP contribution >= 0.6 is 62.5 Å². The zero-order chi connectivity index (χ0) is 29.8. The van der Waals surface area contributed by atoms with Gasteiger partial charge in [-0.15, -0.1) is 5.10 Å². The van der Waals surface area contributed by atoms with Crippen molar-refractivity contribution in [3.05, 3.63) is 121 Å². The summed E-state index contributed by atoms with van der Waals surface area (Å²) in [6.07, 6.45) is 1.52. The molecule has 0 saturated heterocycles. The molecule has 2 heterocycles. The van der Waals surface area contributed by atoms with Gasteiger partial charge in [0.05, 0.1) is 5.57 Å². The zero-order valence-electron chi connectivity index (χ0n) is 22.2. The number of rotatable bonds is 10. The fraction of sp³-hybridized carbons (Fsp3) is 0.167. The van der Waals surface area contributed by atoms with Crippen LogP contribution in [0, 0.1) is 0 Å². The first-order valence-electron chi connectivity index (χ1n) is 12.7. The molecule has 1 unspecified atom stereocenters. The van der Waals surface area contributed by atoms with E-state index in [0.717, 1.165) is 15.6 Å². The molecule has 0 saturated carbocycles. The molecular formula is C30H24BrCl3N4O3S. The van der Waals surface area contributed by atoms with Crippen molar-refractivity contribution < 1.29 is 14.3 Å². The molecule has 1 aromatic heterocycles. The molecule has 42 heavy (non-hydrogen) atoms. The van der Waals surface area contributed by atoms with Gasteiger partial charge in [-0.1, -0.05) is 99.4 Å². The molecule has 5 rings (SSSR count). The zero-order valence-corrected chi connectivity index (χ0v) is 26.9. The lowest BCUT2D eigenvalue weighted by atomic mass is 9.95. The van der Waals surface area contributed by atoms with E-state index in [1.165, 1.54) is 17.8 Å². The fourth-order valence-corrected chi connectivity index (χ4v) is 6.33. The van der Waals surface area contributed by atoms with E-state index in [1.807, 2.05) is 48.5 Å². The van der Waals surface area contributed by atoms with Crippen LogP contribution in [-0.4, -0.2) is 27.3 Å². The van der Waals surface area contributed by atoms with E-state index >= 15 is 0 Å². The molecule has 12 heteroatoms. The van der Waals surface area contributed by atoms with Crippen molar-refractivity contribution in [3.63, 3.8) is 0 Å². The number of anilines is 1. The maximum Gasteiger partial charge on any atom is 0.338 e. The van der Waals surface area contributed by atoms with Crippen LogP contribution in [0.4, 0.5) is 5.95 Å². The molecule has 3 aromatic carbocycles. The number of halogens is 4. The van der Waals surface area contributed by atoms with Crippen LogP contribution in [0.15, 0.2) is 94.2 Å². The summed E-state index contributed by atoms with van der Waals surface area (Å²) >= 11 is 23.9. The van der Waals surface area contributed by atoms with Gasteiger partial charge in [-0.05, 0) is 48.9 Å². The third-order valence-electron chi connectivity index (χ3n) is 6.36. The van der Waals surface area contributed by atoms with Crippen LogP contribution in [-0.2, 0) is 21.9 Å². The predicted octanol–water partition coefficient (Wildman–Crippen LogP) is 8.89. The van der Waals surface area contributed by atoms with Crippen molar-refractivity contribution in [1.82, 2.24) is 14.8 Å². The predicted molar refractivity (Wildman–Crippen MR) is 172 cm³/mol. The SMILES string of the molecule is C=CCOC(=O)C1=C(C)Nc2nc(SCc3ccccc3Cl)nn2C1c1cc(Br)ccc1OCc1ccc(Cl)cc1Cl. The summed E-state index contributed by atoms with van der Waals surface area (Å²) in [4.78, 5) is 18.2. The summed E-state index contributed by atoms with van der Waals surface area (Å²) in [5, 5.41) is 10.2. The van der Waals surface area contributed by atoms with Gasteiger partial charge < -0.3 is 14.8 Å². The number of fused-ring (bicyclic) bond motifs is 1. The van der Waals surface area contributed by atoms with Crippen molar-refractivity contribution in [3.8, 4) is 5.75 Å². The van der Waals surface area contributed by atoms with Gasteiger partial charge in [-0.3, -0.25) is 0 Å². The third-order valence-corrected chi connectivity index (χ3v) is 8.70. The van der Waals surface area contributed by atoms with Crippen molar-refractivity contribution >= 4 is 74.4 Å². The molecule has 7 nitrogen and oxygen atoms in total. The Labute approximate surface area is 271 Å². The topological polar surface area (TPSA) is 78.3 Å². The van der Waals surface area contributed by atoms with Gasteiger partial charge >= 0.3 is 5.97 Å². The van der Waals surface area contributed by atoms with Crippen LogP contribution in [0.3, 0.4) is 0 Å². The molecule has 0 aliphatic carbocycles. The first kappa shape index (κ1) is 30.5. The average Bonchev–Trinajstić information content (AvgIpc) is 3.37. The van der Waals surface area contributed by atoms with E-state index in [2.05, 4.69) is 27.8 Å². The first-order chi connectivity index (χ1) is 20.2. The number of carbonyl (C=O) groups excluding carboxylic acids is 1. The molecule has 216 valence electrons. The Bertz CT molecular complexity index is 1690. The Morgan fingerprint density at radius 2 is 1.93 bits per heavy atom. The highest BCUT2D eigenvalue weighted by atomic mass is 79.9. The minimum Gasteiger partial charge on any atom is -0.488 e. The number of nitrogens with zero attached hydrogens (tertiary/aromatic N) is 3. The minimum absolute atomic E-state index is 0.0579. The summed E-state index contributed by atoms with van der Waals surface area (Å²) in [7, 11) is 0. The first-order valence-corrected chi connectivity index (χ1v) is 15.6. The van der Waals surface area contributed by atoms with E-state index in [1.54, 1.807) is 23.7 Å². The minimum atomic E-state index is -0.714. The maximum absolute atomic E-state index is 13.4. The Morgan fingerprint density at radius 3 is 2.69 bits per heavy atom. The van der Waals surface area contributed by atoms with Crippen LogP contribution in [0.2, 0.25) is 15.1 Å². The number of allylic oxidation sites excluding steroid dienone is 1. The average molecular weight is 707 g/mol. The standard InChI is InChI=1S/C30H24BrCl3N4O3S/c1-3-12-40-28(39)26-17(2)35-29-36-30(42-16-19-6-4-5-7-23(19)33)37-38(29)27(26)22-13-20(31)9-11-25(22)41-15-18-8-10-21(32)14-24(18)34/h3-11,13-14,27H,1,12,15-16H2,2H3,(H,35,36,37). The lowest BCUT2D eigenvalue weighted by molar-refractivity contribution is -0.138. The highest BCUT2D eigenvalue weighted by molar-refractivity contribution is 9.10. The number of nitrogens with one attached hydrogen (secondary N) is 1. The summed E-state index contributed by atoms with van der Waals surface area (Å²) in [5.74, 6) is 1.07. The molecule has 0 radical (unpaired) electrons. The molecule has 0 fully saturated rings. The van der Waals surface area contributed by atoms with Crippen LogP contribution in [0.5, 0.6) is 5.75 Å². The van der Waals surface area contributed by atoms with Gasteiger partial charge in [0.25, 0.3) is 0 Å². The van der Waals surface area contributed by atoms with Crippen molar-refractivity contribution in [2.45, 2.75) is 30.5 Å². The number of thioether (sulfide) groups is 1. The van der Waals surface area contributed by atoms with Crippen molar-refractivity contribution in [1.29, 1.82) is 0 Å². The van der Waals surface area contributed by atoms with Gasteiger partial charge in [-0.2, -0.15) is 4.98 Å². The highest BCUT2D eigenvalue weighted by Gasteiger charge is 2.37. The number of aromatic nitrogens is 3. The maximum atomic E-state index is 13.4. The Morgan fingerprint density at radius 1 is 1.12 bits per heavy atom. The van der Waals surface area contributed by atoms with Gasteiger partial charge in [0.2, 0.25) is 11.1 Å². The Kier molecular flexibility index (Phi) is 9.85. The second-order valence-electron chi connectivity index (χ2n) is 9.20. The van der Waals surface area contributed by atoms with E-state index in [4.69, 9.17) is 54.4 Å². The third kappa shape index (κ3) is 6.82. The highest BCUT2D eigenvalue weighted by Crippen LogP contribution is 2.42. The second-order valence-corrected chi connectivity index (χ2v) is 12.3. The Balaban J connectivity index is 1.54. The quantitative estimate of drug-likeness (QED) is 0.100. The molecular weight excluding hydrogens is 683 g/mol. The molecule has 0 spiro atoms. The van der Waals surface area contributed by atoms with E-state index in [9.17, 15) is 4.79 Å². The number of carbonyl (C=O) groups is 1.